The fourth-order valence-electron chi connectivity index (χ4n) is 3.56. The molecular weight excluding hydrogens is 378 g/mol. The molecule has 0 aromatic carbocycles. The van der Waals surface area contributed by atoms with Crippen molar-refractivity contribution in [2.24, 2.45) is 0 Å². The molecule has 2 aliphatic carbocycles. The summed E-state index contributed by atoms with van der Waals surface area (Å²) < 4.78 is 2.15. The summed E-state index contributed by atoms with van der Waals surface area (Å²) in [5, 5.41) is 22.6. The van der Waals surface area contributed by atoms with Crippen molar-refractivity contribution in [3.8, 4) is 6.07 Å². The van der Waals surface area contributed by atoms with Crippen LogP contribution in [0.4, 0.5) is 5.00 Å². The second kappa shape index (κ2) is 7.64. The summed E-state index contributed by atoms with van der Waals surface area (Å²) in [4.78, 5) is 13.8. The highest BCUT2D eigenvalue weighted by Crippen LogP contribution is 2.41. The van der Waals surface area contributed by atoms with Crippen LogP contribution < -0.4 is 5.32 Å². The van der Waals surface area contributed by atoms with Gasteiger partial charge >= 0.3 is 0 Å². The number of fused-ring (bicyclic) bond motifs is 1. The number of thiophene rings is 1. The number of carbonyl (C=O) groups excluding carboxylic acids is 1. The molecule has 2 heterocycles. The third kappa shape index (κ3) is 3.76. The first-order valence-electron chi connectivity index (χ1n) is 9.50. The summed E-state index contributed by atoms with van der Waals surface area (Å²) in [5.74, 6) is 1.74. The Morgan fingerprint density at radius 2 is 2.15 bits per heavy atom. The average molecular weight is 402 g/mol. The number of nitrogens with one attached hydrogen (secondary N) is 1. The van der Waals surface area contributed by atoms with Crippen LogP contribution >= 0.6 is 23.1 Å². The van der Waals surface area contributed by atoms with Gasteiger partial charge in [0.1, 0.15) is 16.9 Å². The second-order valence-electron chi connectivity index (χ2n) is 7.44. The largest absolute Gasteiger partial charge is 0.316 e. The number of hydrogen-bond donors (Lipinski definition) is 1. The topological polar surface area (TPSA) is 83.6 Å². The average Bonchev–Trinajstić information content (AvgIpc) is 3.30. The molecule has 0 unspecified atom stereocenters. The molecule has 0 bridgehead atoms. The third-order valence-corrected chi connectivity index (χ3v) is 7.17. The fraction of sp³-hybridized carbons (Fsp3) is 0.579. The van der Waals surface area contributed by atoms with Gasteiger partial charge in [-0.1, -0.05) is 11.8 Å². The lowest BCUT2D eigenvalue weighted by atomic mass is 9.96. The highest BCUT2D eigenvalue weighted by Gasteiger charge is 2.31. The maximum atomic E-state index is 12.5. The van der Waals surface area contributed by atoms with Crippen LogP contribution in [0, 0.1) is 11.3 Å². The number of carbonyl (C=O) groups is 1. The predicted octanol–water partition coefficient (Wildman–Crippen LogP) is 4.28. The lowest BCUT2D eigenvalue weighted by Crippen LogP contribution is -2.15. The second-order valence-corrected chi connectivity index (χ2v) is 9.49. The quantitative estimate of drug-likeness (QED) is 0.731. The molecule has 0 aliphatic heterocycles. The third-order valence-electron chi connectivity index (χ3n) is 5.02. The Morgan fingerprint density at radius 3 is 2.85 bits per heavy atom. The van der Waals surface area contributed by atoms with E-state index in [-0.39, 0.29) is 17.7 Å². The molecule has 0 spiro atoms. The number of aryl methyl sites for hydroxylation is 1. The molecule has 142 valence electrons. The molecule has 2 aromatic rings. The molecule has 4 rings (SSSR count). The van der Waals surface area contributed by atoms with Crippen LogP contribution in [0.15, 0.2) is 5.16 Å². The minimum absolute atomic E-state index is 0.0959. The van der Waals surface area contributed by atoms with Crippen molar-refractivity contribution in [2.45, 2.75) is 69.5 Å². The van der Waals surface area contributed by atoms with Gasteiger partial charge in [-0.3, -0.25) is 4.79 Å². The van der Waals surface area contributed by atoms with Gasteiger partial charge in [0.05, 0.1) is 11.3 Å². The first kappa shape index (κ1) is 18.5. The zero-order valence-corrected chi connectivity index (χ0v) is 17.3. The number of nitrogens with zero attached hydrogens (tertiary/aromatic N) is 4. The normalized spacial score (nSPS) is 16.2. The van der Waals surface area contributed by atoms with Crippen molar-refractivity contribution in [3.05, 3.63) is 21.8 Å². The summed E-state index contributed by atoms with van der Waals surface area (Å²) in [6.45, 7) is 4.24. The van der Waals surface area contributed by atoms with Gasteiger partial charge in [0, 0.05) is 16.8 Å². The van der Waals surface area contributed by atoms with E-state index in [1.807, 2.05) is 0 Å². The molecule has 0 radical (unpaired) electrons. The lowest BCUT2D eigenvalue weighted by Gasteiger charge is -2.13. The molecule has 0 atom stereocenters. The smallest absolute Gasteiger partial charge is 0.235 e. The van der Waals surface area contributed by atoms with Crippen molar-refractivity contribution in [1.82, 2.24) is 14.8 Å². The van der Waals surface area contributed by atoms with Gasteiger partial charge < -0.3 is 9.88 Å². The van der Waals surface area contributed by atoms with Gasteiger partial charge in [-0.25, -0.2) is 0 Å². The zero-order valence-electron chi connectivity index (χ0n) is 15.6. The Labute approximate surface area is 167 Å². The summed E-state index contributed by atoms with van der Waals surface area (Å²) in [7, 11) is 0. The molecule has 1 N–H and O–H groups in total. The summed E-state index contributed by atoms with van der Waals surface area (Å²) in [5.41, 5.74) is 1.81. The SMILES string of the molecule is CC(C)n1c(SCC(=O)Nc2sc3c(c2C#N)CCCC3)nnc1C1CC1. The number of amides is 1. The van der Waals surface area contributed by atoms with E-state index in [9.17, 15) is 10.1 Å². The predicted molar refractivity (Wildman–Crippen MR) is 107 cm³/mol. The van der Waals surface area contributed by atoms with E-state index >= 15 is 0 Å². The number of thioether (sulfide) groups is 1. The van der Waals surface area contributed by atoms with Crippen LogP contribution in [0.2, 0.25) is 0 Å². The van der Waals surface area contributed by atoms with Crippen LogP contribution in [0.3, 0.4) is 0 Å². The molecule has 1 fully saturated rings. The Kier molecular flexibility index (Phi) is 5.24. The van der Waals surface area contributed by atoms with Gasteiger partial charge in [-0.05, 0) is 57.9 Å². The first-order chi connectivity index (χ1) is 13.1. The van der Waals surface area contributed by atoms with E-state index in [1.54, 1.807) is 11.3 Å². The van der Waals surface area contributed by atoms with E-state index in [0.29, 0.717) is 16.5 Å². The minimum Gasteiger partial charge on any atom is -0.316 e. The number of aromatic nitrogens is 3. The van der Waals surface area contributed by atoms with E-state index in [0.717, 1.165) is 42.2 Å². The number of anilines is 1. The van der Waals surface area contributed by atoms with Crippen molar-refractivity contribution in [1.29, 1.82) is 5.26 Å². The lowest BCUT2D eigenvalue weighted by molar-refractivity contribution is -0.113. The van der Waals surface area contributed by atoms with Crippen molar-refractivity contribution in [3.63, 3.8) is 0 Å². The fourth-order valence-corrected chi connectivity index (χ4v) is 5.69. The van der Waals surface area contributed by atoms with Crippen LogP contribution in [0.25, 0.3) is 0 Å². The summed E-state index contributed by atoms with van der Waals surface area (Å²) >= 11 is 2.98. The van der Waals surface area contributed by atoms with Crippen LogP contribution in [-0.2, 0) is 17.6 Å². The number of hydrogen-bond acceptors (Lipinski definition) is 6. The molecule has 2 aromatic heterocycles. The Morgan fingerprint density at radius 1 is 1.37 bits per heavy atom. The molecule has 27 heavy (non-hydrogen) atoms. The van der Waals surface area contributed by atoms with Gasteiger partial charge in [0.2, 0.25) is 5.91 Å². The van der Waals surface area contributed by atoms with Crippen LogP contribution in [0.1, 0.15) is 73.3 Å². The van der Waals surface area contributed by atoms with Crippen LogP contribution in [-0.4, -0.2) is 26.4 Å². The first-order valence-corrected chi connectivity index (χ1v) is 11.3. The van der Waals surface area contributed by atoms with E-state index in [1.165, 1.54) is 29.5 Å². The Hall–Kier alpha value is -1.85. The Bertz CT molecular complexity index is 904. The molecular formula is C19H23N5OS2. The molecule has 8 heteroatoms. The standard InChI is InChI=1S/C19H23N5OS2/c1-11(2)24-17(12-7-8-12)22-23-19(24)26-10-16(25)21-18-14(9-20)13-5-3-4-6-15(13)27-18/h11-12H,3-8,10H2,1-2H3,(H,21,25). The van der Waals surface area contributed by atoms with Crippen molar-refractivity contribution < 1.29 is 4.79 Å². The monoisotopic (exact) mass is 401 g/mol. The summed E-state index contributed by atoms with van der Waals surface area (Å²) in [6.07, 6.45) is 6.60. The number of nitriles is 1. The molecule has 1 amide bonds. The zero-order chi connectivity index (χ0) is 19.0. The molecule has 0 saturated heterocycles. The minimum atomic E-state index is -0.0959. The molecule has 1 saturated carbocycles. The van der Waals surface area contributed by atoms with Crippen molar-refractivity contribution >= 4 is 34.0 Å². The van der Waals surface area contributed by atoms with Crippen molar-refractivity contribution in [2.75, 3.05) is 11.1 Å². The number of rotatable bonds is 6. The highest BCUT2D eigenvalue weighted by molar-refractivity contribution is 7.99. The molecule has 6 nitrogen and oxygen atoms in total. The maximum Gasteiger partial charge on any atom is 0.235 e. The van der Waals surface area contributed by atoms with E-state index in [4.69, 9.17) is 0 Å². The van der Waals surface area contributed by atoms with Gasteiger partial charge in [0.15, 0.2) is 5.16 Å². The van der Waals surface area contributed by atoms with Gasteiger partial charge in [0.25, 0.3) is 0 Å². The van der Waals surface area contributed by atoms with Gasteiger partial charge in [-0.2, -0.15) is 5.26 Å². The van der Waals surface area contributed by atoms with Gasteiger partial charge in [-0.15, -0.1) is 21.5 Å². The van der Waals surface area contributed by atoms with E-state index in [2.05, 4.69) is 40.0 Å². The highest BCUT2D eigenvalue weighted by atomic mass is 32.2. The molecule has 2 aliphatic rings. The van der Waals surface area contributed by atoms with E-state index < -0.39 is 0 Å². The maximum absolute atomic E-state index is 12.5. The Balaban J connectivity index is 1.44. The van der Waals surface area contributed by atoms with Crippen LogP contribution in [0.5, 0.6) is 0 Å². The summed E-state index contributed by atoms with van der Waals surface area (Å²) in [6, 6.07) is 2.57.